The molecule has 0 atom stereocenters. The van der Waals surface area contributed by atoms with Crippen LogP contribution in [0.1, 0.15) is 27.0 Å². The Bertz CT molecular complexity index is 1520. The number of ether oxygens (including phenoxy) is 1. The Hall–Kier alpha value is -4.43. The highest BCUT2D eigenvalue weighted by molar-refractivity contribution is 7.90. The number of nitrogens with one attached hydrogen (secondary N) is 2. The largest absolute Gasteiger partial charge is 0.489 e. The number of fused-ring (bicyclic) bond motifs is 1. The molecule has 4 aromatic carbocycles. The number of carbonyl (C=O) groups is 1. The van der Waals surface area contributed by atoms with Gasteiger partial charge < -0.3 is 15.4 Å². The van der Waals surface area contributed by atoms with Gasteiger partial charge in [-0.2, -0.15) is 8.42 Å². The van der Waals surface area contributed by atoms with Gasteiger partial charge in [-0.15, -0.1) is 4.40 Å². The molecule has 7 nitrogen and oxygen atoms in total. The summed E-state index contributed by atoms with van der Waals surface area (Å²) in [7, 11) is -3.69. The lowest BCUT2D eigenvalue weighted by molar-refractivity contribution is 0.0951. The summed E-state index contributed by atoms with van der Waals surface area (Å²) < 4.78 is 34.0. The molecule has 0 radical (unpaired) electrons. The summed E-state index contributed by atoms with van der Waals surface area (Å²) >= 11 is 0. The maximum absolute atomic E-state index is 12.6. The predicted molar refractivity (Wildman–Crippen MR) is 139 cm³/mol. The van der Waals surface area contributed by atoms with Crippen molar-refractivity contribution < 1.29 is 17.9 Å². The molecule has 0 aromatic heterocycles. The van der Waals surface area contributed by atoms with Gasteiger partial charge in [0.1, 0.15) is 17.3 Å². The van der Waals surface area contributed by atoms with Crippen molar-refractivity contribution in [2.24, 2.45) is 4.40 Å². The lowest BCUT2D eigenvalue weighted by atomic mass is 10.1. The van der Waals surface area contributed by atoms with Crippen LogP contribution in [0.5, 0.6) is 5.75 Å². The summed E-state index contributed by atoms with van der Waals surface area (Å²) in [4.78, 5) is 12.8. The van der Waals surface area contributed by atoms with Crippen LogP contribution in [0.4, 0.5) is 5.69 Å². The van der Waals surface area contributed by atoms with E-state index in [-0.39, 0.29) is 16.6 Å². The van der Waals surface area contributed by atoms with Gasteiger partial charge in [0.05, 0.1) is 0 Å². The average Bonchev–Trinajstić information content (AvgIpc) is 3.17. The predicted octanol–water partition coefficient (Wildman–Crippen LogP) is 4.76. The van der Waals surface area contributed by atoms with Crippen molar-refractivity contribution >= 4 is 27.5 Å². The monoisotopic (exact) mass is 497 g/mol. The molecule has 8 heteroatoms. The molecule has 1 aliphatic heterocycles. The molecule has 1 heterocycles. The fraction of sp³-hybridized carbons (Fsp3) is 0.0714. The Morgan fingerprint density at radius 3 is 2.19 bits per heavy atom. The number of hydrogen-bond donors (Lipinski definition) is 2. The van der Waals surface area contributed by atoms with Gasteiger partial charge in [0, 0.05) is 23.4 Å². The minimum absolute atomic E-state index is 0.181. The Morgan fingerprint density at radius 2 is 1.44 bits per heavy atom. The molecule has 0 spiro atoms. The van der Waals surface area contributed by atoms with Crippen LogP contribution in [-0.4, -0.2) is 20.2 Å². The van der Waals surface area contributed by atoms with Gasteiger partial charge in [-0.25, -0.2) is 0 Å². The van der Waals surface area contributed by atoms with Crippen LogP contribution >= 0.6 is 0 Å². The highest BCUT2D eigenvalue weighted by Gasteiger charge is 2.28. The standard InChI is InChI=1S/C28H23N3O4S/c32-28(29-18-20-10-12-21(13-11-20)19-35-24-6-2-1-3-7-24)22-14-16-23(17-15-22)30-27-25-8-4-5-9-26(25)36(33,34)31-27/h1-17H,18-19H2,(H,29,32)(H,30,31). The maximum atomic E-state index is 12.6. The van der Waals surface area contributed by atoms with Crippen LogP contribution in [0.15, 0.2) is 112 Å². The SMILES string of the molecule is O=C(NCc1ccc(COc2ccccc2)cc1)c1ccc(NC2=NS(=O)(=O)c3ccccc32)cc1. The molecular weight excluding hydrogens is 474 g/mol. The van der Waals surface area contributed by atoms with Crippen molar-refractivity contribution in [3.05, 3.63) is 125 Å². The van der Waals surface area contributed by atoms with E-state index in [1.807, 2.05) is 54.6 Å². The second-order valence-corrected chi connectivity index (χ2v) is 9.79. The van der Waals surface area contributed by atoms with Crippen molar-refractivity contribution in [1.82, 2.24) is 5.32 Å². The number of hydrogen-bond acceptors (Lipinski definition) is 5. The van der Waals surface area contributed by atoms with E-state index in [4.69, 9.17) is 4.74 Å². The summed E-state index contributed by atoms with van der Waals surface area (Å²) in [5, 5.41) is 5.95. The second-order valence-electron chi connectivity index (χ2n) is 8.21. The van der Waals surface area contributed by atoms with Gasteiger partial charge in [0.2, 0.25) is 0 Å². The van der Waals surface area contributed by atoms with E-state index in [1.165, 1.54) is 6.07 Å². The summed E-state index contributed by atoms with van der Waals surface area (Å²) in [5.41, 5.74) is 3.67. The Labute approximate surface area is 209 Å². The number of amidine groups is 1. The molecule has 0 saturated carbocycles. The molecule has 2 N–H and O–H groups in total. The third kappa shape index (κ3) is 5.29. The quantitative estimate of drug-likeness (QED) is 0.384. The van der Waals surface area contributed by atoms with Gasteiger partial charge in [-0.05, 0) is 59.7 Å². The molecule has 4 aromatic rings. The van der Waals surface area contributed by atoms with E-state index >= 15 is 0 Å². The molecule has 5 rings (SSSR count). The smallest absolute Gasteiger partial charge is 0.285 e. The highest BCUT2D eigenvalue weighted by atomic mass is 32.2. The minimum Gasteiger partial charge on any atom is -0.489 e. The number of sulfonamides is 1. The zero-order chi connectivity index (χ0) is 25.0. The summed E-state index contributed by atoms with van der Waals surface area (Å²) in [6.07, 6.45) is 0. The van der Waals surface area contributed by atoms with Gasteiger partial charge in [-0.1, -0.05) is 54.6 Å². The minimum atomic E-state index is -3.69. The number of benzene rings is 4. The third-order valence-corrected chi connectivity index (χ3v) is 7.00. The molecule has 0 aliphatic carbocycles. The van der Waals surface area contributed by atoms with E-state index in [2.05, 4.69) is 15.0 Å². The van der Waals surface area contributed by atoms with Crippen LogP contribution in [0.25, 0.3) is 0 Å². The lowest BCUT2D eigenvalue weighted by Gasteiger charge is -2.09. The number of anilines is 1. The maximum Gasteiger partial charge on any atom is 0.285 e. The molecule has 0 saturated heterocycles. The van der Waals surface area contributed by atoms with Crippen LogP contribution in [0.2, 0.25) is 0 Å². The topological polar surface area (TPSA) is 96.9 Å². The molecule has 36 heavy (non-hydrogen) atoms. The number of carbonyl (C=O) groups excluding carboxylic acids is 1. The van der Waals surface area contributed by atoms with E-state index < -0.39 is 10.0 Å². The molecule has 0 unspecified atom stereocenters. The van der Waals surface area contributed by atoms with E-state index in [0.717, 1.165) is 16.9 Å². The third-order valence-electron chi connectivity index (χ3n) is 5.67. The number of amides is 1. The first-order valence-corrected chi connectivity index (χ1v) is 12.8. The van der Waals surface area contributed by atoms with Crippen LogP contribution in [-0.2, 0) is 23.2 Å². The van der Waals surface area contributed by atoms with E-state index in [9.17, 15) is 13.2 Å². The normalized spacial score (nSPS) is 13.4. The van der Waals surface area contributed by atoms with Gasteiger partial charge in [0.15, 0.2) is 5.84 Å². The molecule has 180 valence electrons. The molecule has 0 bridgehead atoms. The zero-order valence-electron chi connectivity index (χ0n) is 19.2. The van der Waals surface area contributed by atoms with Crippen molar-refractivity contribution in [2.75, 3.05) is 5.32 Å². The Morgan fingerprint density at radius 1 is 0.778 bits per heavy atom. The second kappa shape index (κ2) is 10.1. The molecule has 0 fully saturated rings. The van der Waals surface area contributed by atoms with Crippen LogP contribution in [0.3, 0.4) is 0 Å². The number of nitrogens with zero attached hydrogens (tertiary/aromatic N) is 1. The first kappa shape index (κ1) is 23.3. The van der Waals surface area contributed by atoms with E-state index in [1.54, 1.807) is 42.5 Å². The van der Waals surface area contributed by atoms with E-state index in [0.29, 0.717) is 30.0 Å². The lowest BCUT2D eigenvalue weighted by Crippen LogP contribution is -2.22. The molecular formula is C28H23N3O4S. The number of rotatable bonds is 7. The van der Waals surface area contributed by atoms with Crippen molar-refractivity contribution in [2.45, 2.75) is 18.0 Å². The van der Waals surface area contributed by atoms with Crippen LogP contribution < -0.4 is 15.4 Å². The van der Waals surface area contributed by atoms with Crippen molar-refractivity contribution in [1.29, 1.82) is 0 Å². The summed E-state index contributed by atoms with van der Waals surface area (Å²) in [5.74, 6) is 0.880. The van der Waals surface area contributed by atoms with Crippen LogP contribution in [0, 0.1) is 0 Å². The van der Waals surface area contributed by atoms with Crippen molar-refractivity contribution in [3.63, 3.8) is 0 Å². The zero-order valence-corrected chi connectivity index (χ0v) is 20.0. The Balaban J connectivity index is 1.15. The number of para-hydroxylation sites is 1. The first-order chi connectivity index (χ1) is 17.5. The van der Waals surface area contributed by atoms with Crippen molar-refractivity contribution in [3.8, 4) is 5.75 Å². The summed E-state index contributed by atoms with van der Waals surface area (Å²) in [6, 6.07) is 31.0. The fourth-order valence-corrected chi connectivity index (χ4v) is 4.93. The molecule has 1 amide bonds. The fourth-order valence-electron chi connectivity index (χ4n) is 3.76. The average molecular weight is 498 g/mol. The summed E-state index contributed by atoms with van der Waals surface area (Å²) in [6.45, 7) is 0.866. The Kier molecular flexibility index (Phi) is 6.51. The highest BCUT2D eigenvalue weighted by Crippen LogP contribution is 2.26. The van der Waals surface area contributed by atoms with Gasteiger partial charge >= 0.3 is 0 Å². The molecule has 1 aliphatic rings. The first-order valence-electron chi connectivity index (χ1n) is 11.3. The van der Waals surface area contributed by atoms with Gasteiger partial charge in [-0.3, -0.25) is 4.79 Å². The van der Waals surface area contributed by atoms with Gasteiger partial charge in [0.25, 0.3) is 15.9 Å².